The van der Waals surface area contributed by atoms with E-state index in [0.29, 0.717) is 6.04 Å². The highest BCUT2D eigenvalue weighted by Gasteiger charge is 2.20. The van der Waals surface area contributed by atoms with Gasteiger partial charge in [-0.3, -0.25) is 0 Å². The van der Waals surface area contributed by atoms with E-state index in [4.69, 9.17) is 5.73 Å². The van der Waals surface area contributed by atoms with Gasteiger partial charge in [-0.25, -0.2) is 0 Å². The van der Waals surface area contributed by atoms with Crippen LogP contribution in [-0.2, 0) is 12.8 Å². The number of piperazine rings is 1. The first-order valence-corrected chi connectivity index (χ1v) is 10.3. The lowest BCUT2D eigenvalue weighted by molar-refractivity contribution is 0.313. The van der Waals surface area contributed by atoms with Crippen LogP contribution in [-0.4, -0.2) is 44.2 Å². The van der Waals surface area contributed by atoms with Crippen LogP contribution in [0.1, 0.15) is 23.1 Å². The number of anilines is 1. The van der Waals surface area contributed by atoms with Gasteiger partial charge < -0.3 is 15.5 Å². The second-order valence-electron chi connectivity index (χ2n) is 8.52. The van der Waals surface area contributed by atoms with Crippen LogP contribution in [0.15, 0.2) is 36.4 Å². The second-order valence-corrected chi connectivity index (χ2v) is 8.52. The Bertz CT molecular complexity index is 1020. The number of hydrogen-bond acceptors (Lipinski definition) is 3. The van der Waals surface area contributed by atoms with Gasteiger partial charge in [0, 0.05) is 37.9 Å². The summed E-state index contributed by atoms with van der Waals surface area (Å²) in [6.07, 6.45) is 3.23. The maximum Gasteiger partial charge on any atom is 0.0373 e. The van der Waals surface area contributed by atoms with Crippen LogP contribution in [0, 0.1) is 6.92 Å². The maximum atomic E-state index is 6.21. The minimum absolute atomic E-state index is 0.321. The van der Waals surface area contributed by atoms with Crippen LogP contribution in [0.2, 0.25) is 0 Å². The second kappa shape index (κ2) is 6.50. The number of nitrogens with zero attached hydrogens (tertiary/aromatic N) is 2. The van der Waals surface area contributed by atoms with E-state index in [2.05, 4.69) is 60.2 Å². The van der Waals surface area contributed by atoms with E-state index in [0.717, 1.165) is 45.4 Å². The van der Waals surface area contributed by atoms with Gasteiger partial charge in [-0.1, -0.05) is 24.3 Å². The quantitative estimate of drug-likeness (QED) is 0.670. The smallest absolute Gasteiger partial charge is 0.0373 e. The molecule has 1 saturated heterocycles. The van der Waals surface area contributed by atoms with Crippen molar-refractivity contribution in [1.29, 1.82) is 0 Å². The van der Waals surface area contributed by atoms with Crippen molar-refractivity contribution in [2.75, 3.05) is 38.1 Å². The highest BCUT2D eigenvalue weighted by Crippen LogP contribution is 2.36. The summed E-state index contributed by atoms with van der Waals surface area (Å²) in [5.41, 5.74) is 12.0. The molecule has 0 unspecified atom stereocenters. The van der Waals surface area contributed by atoms with Crippen molar-refractivity contribution in [2.45, 2.75) is 32.2 Å². The van der Waals surface area contributed by atoms with Crippen molar-refractivity contribution < 1.29 is 0 Å². The molecule has 1 aliphatic carbocycles. The van der Waals surface area contributed by atoms with Crippen molar-refractivity contribution >= 4 is 27.2 Å². The van der Waals surface area contributed by atoms with Gasteiger partial charge in [0.1, 0.15) is 0 Å². The average Bonchev–Trinajstić information content (AvgIpc) is 2.67. The van der Waals surface area contributed by atoms with Gasteiger partial charge in [0.25, 0.3) is 0 Å². The van der Waals surface area contributed by atoms with Crippen LogP contribution >= 0.6 is 0 Å². The predicted octanol–water partition coefficient (Wildman–Crippen LogP) is 3.87. The lowest BCUT2D eigenvalue weighted by Gasteiger charge is -2.34. The van der Waals surface area contributed by atoms with Gasteiger partial charge in [-0.05, 0) is 83.6 Å². The summed E-state index contributed by atoms with van der Waals surface area (Å²) < 4.78 is 0. The fourth-order valence-corrected chi connectivity index (χ4v) is 5.04. The summed E-state index contributed by atoms with van der Waals surface area (Å²) >= 11 is 0. The molecule has 3 aromatic rings. The Kier molecular flexibility index (Phi) is 4.10. The van der Waals surface area contributed by atoms with Gasteiger partial charge >= 0.3 is 0 Å². The van der Waals surface area contributed by atoms with Gasteiger partial charge in [-0.2, -0.15) is 0 Å². The first-order chi connectivity index (χ1) is 13.1. The van der Waals surface area contributed by atoms with Crippen molar-refractivity contribution in [3.8, 4) is 0 Å². The molecule has 0 aromatic heterocycles. The number of fused-ring (bicyclic) bond motifs is 5. The van der Waals surface area contributed by atoms with Crippen molar-refractivity contribution in [3.63, 3.8) is 0 Å². The van der Waals surface area contributed by atoms with Crippen molar-refractivity contribution in [3.05, 3.63) is 53.1 Å². The Labute approximate surface area is 161 Å². The molecule has 0 bridgehead atoms. The summed E-state index contributed by atoms with van der Waals surface area (Å²) in [6.45, 7) is 6.79. The zero-order valence-electron chi connectivity index (χ0n) is 16.5. The largest absolute Gasteiger partial charge is 0.369 e. The van der Waals surface area contributed by atoms with Crippen molar-refractivity contribution in [2.24, 2.45) is 5.73 Å². The molecule has 2 N–H and O–H groups in total. The molecule has 0 radical (unpaired) electrons. The minimum Gasteiger partial charge on any atom is -0.369 e. The molecule has 3 aromatic carbocycles. The molecule has 27 heavy (non-hydrogen) atoms. The van der Waals surface area contributed by atoms with Crippen LogP contribution in [0.25, 0.3) is 21.5 Å². The molecular weight excluding hydrogens is 330 g/mol. The predicted molar refractivity (Wildman–Crippen MR) is 116 cm³/mol. The fraction of sp³-hybridized carbons (Fsp3) is 0.417. The lowest BCUT2D eigenvalue weighted by atomic mass is 9.83. The van der Waals surface area contributed by atoms with Crippen LogP contribution in [0.4, 0.5) is 5.69 Å². The highest BCUT2D eigenvalue weighted by molar-refractivity contribution is 6.11. The Morgan fingerprint density at radius 2 is 1.74 bits per heavy atom. The standard InChI is InChI=1S/C24H29N3/c1-16-13-18-15-20(27-11-9-26(2)10-12-27)5-8-21(18)23-6-3-17-14-19(25)4-7-22(17)24(16)23/h3,5-6,8,13,15,19H,4,7,9-12,14,25H2,1-2H3/t19-/m1/s1. The minimum atomic E-state index is 0.321. The highest BCUT2D eigenvalue weighted by atomic mass is 15.2. The van der Waals surface area contributed by atoms with Gasteiger partial charge in [0.15, 0.2) is 0 Å². The maximum absolute atomic E-state index is 6.21. The van der Waals surface area contributed by atoms with E-state index in [1.54, 1.807) is 0 Å². The van der Waals surface area contributed by atoms with E-state index < -0.39 is 0 Å². The number of rotatable bonds is 1. The number of nitrogens with two attached hydrogens (primary N) is 1. The summed E-state index contributed by atoms with van der Waals surface area (Å²) in [5.74, 6) is 0. The number of hydrogen-bond donors (Lipinski definition) is 1. The molecule has 3 nitrogen and oxygen atoms in total. The monoisotopic (exact) mass is 359 g/mol. The Hall–Kier alpha value is -2.10. The molecular formula is C24H29N3. The van der Waals surface area contributed by atoms with Crippen LogP contribution in [0.3, 0.4) is 0 Å². The molecule has 1 aliphatic heterocycles. The van der Waals surface area contributed by atoms with E-state index in [-0.39, 0.29) is 0 Å². The summed E-state index contributed by atoms with van der Waals surface area (Å²) in [5, 5.41) is 5.62. The van der Waals surface area contributed by atoms with E-state index in [9.17, 15) is 0 Å². The Morgan fingerprint density at radius 3 is 2.56 bits per heavy atom. The molecule has 3 heteroatoms. The molecule has 0 saturated carbocycles. The Morgan fingerprint density at radius 1 is 0.963 bits per heavy atom. The van der Waals surface area contributed by atoms with E-state index >= 15 is 0 Å². The zero-order chi connectivity index (χ0) is 18.5. The lowest BCUT2D eigenvalue weighted by Crippen LogP contribution is -2.44. The topological polar surface area (TPSA) is 32.5 Å². The molecule has 1 atom stereocenters. The van der Waals surface area contributed by atoms with Crippen LogP contribution in [0.5, 0.6) is 0 Å². The molecule has 2 aliphatic rings. The van der Waals surface area contributed by atoms with Gasteiger partial charge in [0.2, 0.25) is 0 Å². The molecule has 5 rings (SSSR count). The average molecular weight is 360 g/mol. The summed E-state index contributed by atoms with van der Waals surface area (Å²) in [4.78, 5) is 4.93. The first-order valence-electron chi connectivity index (χ1n) is 10.3. The number of likely N-dealkylation sites (N-methyl/N-ethyl adjacent to an activating group) is 1. The third-order valence-corrected chi connectivity index (χ3v) is 6.62. The number of benzene rings is 3. The SMILES string of the molecule is Cc1cc2cc(N3CCN(C)CC3)ccc2c2ccc3c(c12)CC[C@@H](N)C3. The van der Waals surface area contributed by atoms with Gasteiger partial charge in [0.05, 0.1) is 0 Å². The zero-order valence-corrected chi connectivity index (χ0v) is 16.5. The summed E-state index contributed by atoms with van der Waals surface area (Å²) in [7, 11) is 2.21. The first kappa shape index (κ1) is 17.0. The molecule has 140 valence electrons. The fourth-order valence-electron chi connectivity index (χ4n) is 5.04. The van der Waals surface area contributed by atoms with E-state index in [1.165, 1.54) is 43.9 Å². The third-order valence-electron chi connectivity index (χ3n) is 6.62. The molecule has 1 heterocycles. The van der Waals surface area contributed by atoms with Crippen molar-refractivity contribution in [1.82, 2.24) is 4.90 Å². The summed E-state index contributed by atoms with van der Waals surface area (Å²) in [6, 6.07) is 14.4. The normalized spacial score (nSPS) is 21.0. The number of aryl methyl sites for hydroxylation is 2. The van der Waals surface area contributed by atoms with Gasteiger partial charge in [-0.15, -0.1) is 0 Å². The Balaban J connectivity index is 1.63. The van der Waals surface area contributed by atoms with Crippen LogP contribution < -0.4 is 10.6 Å². The third kappa shape index (κ3) is 2.90. The molecule has 0 spiro atoms. The molecule has 1 fully saturated rings. The molecule has 0 amide bonds. The van der Waals surface area contributed by atoms with E-state index in [1.807, 2.05) is 0 Å².